The second kappa shape index (κ2) is 12.0. The Morgan fingerprint density at radius 3 is 2.58 bits per heavy atom. The smallest absolute Gasteiger partial charge is 0.341 e. The van der Waals surface area contributed by atoms with Crippen LogP contribution in [0.2, 0.25) is 0 Å². The number of esters is 1. The van der Waals surface area contributed by atoms with Crippen molar-refractivity contribution in [1.29, 1.82) is 0 Å². The van der Waals surface area contributed by atoms with Crippen molar-refractivity contribution < 1.29 is 23.5 Å². The first kappa shape index (κ1) is 26.9. The molecule has 2 aromatic heterocycles. The van der Waals surface area contributed by atoms with Gasteiger partial charge >= 0.3 is 17.8 Å². The van der Waals surface area contributed by atoms with E-state index in [0.717, 1.165) is 41.8 Å². The average molecular weight is 560 g/mol. The maximum atomic E-state index is 13.5. The number of hydrogen-bond donors (Lipinski definition) is 2. The summed E-state index contributed by atoms with van der Waals surface area (Å²) in [4.78, 5) is 39.0. The van der Waals surface area contributed by atoms with E-state index in [-0.39, 0.29) is 12.4 Å². The fraction of sp³-hybridized carbons (Fsp3) is 0.207. The Hall–Kier alpha value is -4.64. The minimum atomic E-state index is -1.00. The number of rotatable bonds is 7. The highest BCUT2D eigenvalue weighted by molar-refractivity contribution is 7.17. The highest BCUT2D eigenvalue weighted by Crippen LogP contribution is 2.38. The van der Waals surface area contributed by atoms with Gasteiger partial charge in [0.1, 0.15) is 16.5 Å². The number of aromatic nitrogens is 2. The van der Waals surface area contributed by atoms with Crippen LogP contribution in [-0.4, -0.2) is 40.4 Å². The lowest BCUT2D eigenvalue weighted by Crippen LogP contribution is -2.32. The molecule has 204 valence electrons. The van der Waals surface area contributed by atoms with Crippen LogP contribution in [-0.2, 0) is 27.2 Å². The molecule has 0 unspecified atom stereocenters. The highest BCUT2D eigenvalue weighted by Gasteiger charge is 2.28. The number of fused-ring (bicyclic) bond motifs is 1. The van der Waals surface area contributed by atoms with Crippen LogP contribution in [0.15, 0.2) is 65.9 Å². The van der Waals surface area contributed by atoms with Gasteiger partial charge < -0.3 is 10.1 Å². The molecule has 0 saturated heterocycles. The van der Waals surface area contributed by atoms with E-state index in [1.165, 1.54) is 29.7 Å². The predicted molar refractivity (Wildman–Crippen MR) is 150 cm³/mol. The first-order chi connectivity index (χ1) is 19.4. The molecule has 0 saturated carbocycles. The molecule has 1 aliphatic carbocycles. The summed E-state index contributed by atoms with van der Waals surface area (Å²) in [7, 11) is 0. The number of hydrogen-bond acceptors (Lipinski definition) is 7. The molecule has 5 rings (SSSR count). The van der Waals surface area contributed by atoms with E-state index in [2.05, 4.69) is 20.9 Å². The van der Waals surface area contributed by atoms with Gasteiger partial charge in [-0.15, -0.1) is 11.3 Å². The van der Waals surface area contributed by atoms with Gasteiger partial charge in [-0.2, -0.15) is 10.2 Å². The van der Waals surface area contributed by atoms with Crippen molar-refractivity contribution >= 4 is 40.3 Å². The summed E-state index contributed by atoms with van der Waals surface area (Å²) >= 11 is 1.29. The van der Waals surface area contributed by atoms with Crippen molar-refractivity contribution in [2.45, 2.75) is 32.6 Å². The summed E-state index contributed by atoms with van der Waals surface area (Å²) < 4.78 is 20.4. The third kappa shape index (κ3) is 5.84. The Kier molecular flexibility index (Phi) is 8.11. The van der Waals surface area contributed by atoms with Gasteiger partial charge in [0.15, 0.2) is 0 Å². The van der Waals surface area contributed by atoms with E-state index in [1.54, 1.807) is 29.9 Å². The molecule has 40 heavy (non-hydrogen) atoms. The number of thiophene rings is 1. The van der Waals surface area contributed by atoms with Gasteiger partial charge in [0, 0.05) is 22.2 Å². The van der Waals surface area contributed by atoms with Gasteiger partial charge in [0.25, 0.3) is 0 Å². The normalized spacial score (nSPS) is 12.7. The summed E-state index contributed by atoms with van der Waals surface area (Å²) in [6.07, 6.45) is 6.56. The molecule has 0 bridgehead atoms. The number of nitrogens with zero attached hydrogens (tertiary/aromatic N) is 3. The van der Waals surface area contributed by atoms with Crippen LogP contribution in [0.4, 0.5) is 9.39 Å². The standard InChI is InChI=1S/C29H26FN5O4S/c1-2-39-29(38)24-22-10-6-7-11-23(22)40-28(24)32-26(36)27(37)33-31-16-19-17-35(21-8-4-3-5-9-21)34-25(19)18-12-14-20(30)15-13-18/h3-5,8-9,12-17H,2,6-7,10-11H2,1H3,(H,32,36)(H,33,37)/b31-16-. The molecule has 1 aliphatic rings. The summed E-state index contributed by atoms with van der Waals surface area (Å²) in [5, 5.41) is 11.4. The van der Waals surface area contributed by atoms with Crippen LogP contribution in [0.5, 0.6) is 0 Å². The van der Waals surface area contributed by atoms with Crippen molar-refractivity contribution in [3.8, 4) is 16.9 Å². The second-order valence-electron chi connectivity index (χ2n) is 9.01. The zero-order valence-corrected chi connectivity index (χ0v) is 22.5. The van der Waals surface area contributed by atoms with Gasteiger partial charge in [0.2, 0.25) is 0 Å². The molecule has 11 heteroatoms. The molecule has 9 nitrogen and oxygen atoms in total. The van der Waals surface area contributed by atoms with Crippen molar-refractivity contribution in [2.24, 2.45) is 5.10 Å². The minimum Gasteiger partial charge on any atom is -0.462 e. The number of para-hydroxylation sites is 1. The molecule has 0 aliphatic heterocycles. The number of ether oxygens (including phenoxy) is 1. The van der Waals surface area contributed by atoms with Gasteiger partial charge in [-0.3, -0.25) is 9.59 Å². The third-order valence-electron chi connectivity index (χ3n) is 6.33. The van der Waals surface area contributed by atoms with E-state index in [4.69, 9.17) is 4.74 Å². The van der Waals surface area contributed by atoms with Crippen molar-refractivity contribution in [2.75, 3.05) is 11.9 Å². The van der Waals surface area contributed by atoms with Crippen LogP contribution < -0.4 is 10.7 Å². The first-order valence-electron chi connectivity index (χ1n) is 12.8. The summed E-state index contributed by atoms with van der Waals surface area (Å²) in [5.41, 5.74) is 5.92. The maximum Gasteiger partial charge on any atom is 0.341 e. The quantitative estimate of drug-likeness (QED) is 0.145. The Bertz CT molecular complexity index is 1580. The molecule has 2 N–H and O–H groups in total. The fourth-order valence-electron chi connectivity index (χ4n) is 4.47. The Labute approximate surface area is 233 Å². The first-order valence-corrected chi connectivity index (χ1v) is 13.6. The molecular weight excluding hydrogens is 533 g/mol. The number of hydrazone groups is 1. The topological polar surface area (TPSA) is 115 Å². The number of halogens is 1. The van der Waals surface area contributed by atoms with Crippen LogP contribution >= 0.6 is 11.3 Å². The third-order valence-corrected chi connectivity index (χ3v) is 7.54. The van der Waals surface area contributed by atoms with E-state index < -0.39 is 17.8 Å². The minimum absolute atomic E-state index is 0.201. The number of benzene rings is 2. The molecule has 4 aromatic rings. The number of anilines is 1. The maximum absolute atomic E-state index is 13.5. The molecule has 0 spiro atoms. The van der Waals surface area contributed by atoms with Gasteiger partial charge in [-0.05, 0) is 74.6 Å². The number of carbonyl (C=O) groups is 3. The number of amides is 2. The molecule has 2 heterocycles. The van der Waals surface area contributed by atoms with Crippen LogP contribution in [0.3, 0.4) is 0 Å². The Balaban J connectivity index is 1.34. The van der Waals surface area contributed by atoms with Gasteiger partial charge in [-0.25, -0.2) is 19.3 Å². The number of carbonyl (C=O) groups excluding carboxylic acids is 3. The lowest BCUT2D eigenvalue weighted by Gasteiger charge is -2.12. The van der Waals surface area contributed by atoms with Gasteiger partial charge in [0.05, 0.1) is 24.1 Å². The SMILES string of the molecule is CCOC(=O)c1c(NC(=O)C(=O)N/N=C\c2cn(-c3ccccc3)nc2-c2ccc(F)cc2)sc2c1CCCC2. The molecular formula is C29H26FN5O4S. The molecule has 2 aromatic carbocycles. The van der Waals surface area contributed by atoms with E-state index in [1.807, 2.05) is 30.3 Å². The monoisotopic (exact) mass is 559 g/mol. The van der Waals surface area contributed by atoms with E-state index in [0.29, 0.717) is 27.4 Å². The average Bonchev–Trinajstić information content (AvgIpc) is 3.55. The van der Waals surface area contributed by atoms with Crippen molar-refractivity contribution in [3.63, 3.8) is 0 Å². The number of nitrogens with one attached hydrogen (secondary N) is 2. The molecule has 2 amide bonds. The van der Waals surface area contributed by atoms with E-state index >= 15 is 0 Å². The molecule has 0 fully saturated rings. The summed E-state index contributed by atoms with van der Waals surface area (Å²) in [5.74, 6) is -2.85. The second-order valence-corrected chi connectivity index (χ2v) is 10.1. The van der Waals surface area contributed by atoms with Gasteiger partial charge in [-0.1, -0.05) is 18.2 Å². The van der Waals surface area contributed by atoms with Crippen molar-refractivity contribution in [3.05, 3.63) is 88.2 Å². The zero-order chi connectivity index (χ0) is 28.1. The molecule has 0 radical (unpaired) electrons. The zero-order valence-electron chi connectivity index (χ0n) is 21.6. The summed E-state index contributed by atoms with van der Waals surface area (Å²) in [6, 6.07) is 15.2. The van der Waals surface area contributed by atoms with Crippen LogP contribution in [0, 0.1) is 5.82 Å². The highest BCUT2D eigenvalue weighted by atomic mass is 32.1. The fourth-order valence-corrected chi connectivity index (χ4v) is 5.74. The predicted octanol–water partition coefficient (Wildman–Crippen LogP) is 4.88. The van der Waals surface area contributed by atoms with Crippen LogP contribution in [0.1, 0.15) is 46.1 Å². The Morgan fingerprint density at radius 1 is 1.07 bits per heavy atom. The van der Waals surface area contributed by atoms with Crippen LogP contribution in [0.25, 0.3) is 16.9 Å². The largest absolute Gasteiger partial charge is 0.462 e. The lowest BCUT2D eigenvalue weighted by atomic mass is 9.95. The van der Waals surface area contributed by atoms with E-state index in [9.17, 15) is 18.8 Å². The molecule has 0 atom stereocenters. The Morgan fingerprint density at radius 2 is 1.82 bits per heavy atom. The van der Waals surface area contributed by atoms with Crippen molar-refractivity contribution in [1.82, 2.24) is 15.2 Å². The summed E-state index contributed by atoms with van der Waals surface area (Å²) in [6.45, 7) is 1.91. The lowest BCUT2D eigenvalue weighted by molar-refractivity contribution is -0.136. The number of aryl methyl sites for hydroxylation is 1.